The summed E-state index contributed by atoms with van der Waals surface area (Å²) in [6, 6.07) is 5.29. The fourth-order valence-corrected chi connectivity index (χ4v) is 4.08. The molecule has 0 aromatic heterocycles. The van der Waals surface area contributed by atoms with Gasteiger partial charge in [-0.2, -0.15) is 0 Å². The van der Waals surface area contributed by atoms with Gasteiger partial charge in [0.2, 0.25) is 5.91 Å². The number of benzene rings is 1. The summed E-state index contributed by atoms with van der Waals surface area (Å²) >= 11 is 0. The van der Waals surface area contributed by atoms with Crippen molar-refractivity contribution in [3.63, 3.8) is 0 Å². The van der Waals surface area contributed by atoms with Crippen LogP contribution in [0.15, 0.2) is 18.2 Å². The van der Waals surface area contributed by atoms with Gasteiger partial charge < -0.3 is 25.0 Å². The number of hydrogen-bond acceptors (Lipinski definition) is 5. The topological polar surface area (TPSA) is 82.1 Å². The van der Waals surface area contributed by atoms with Gasteiger partial charge in [0.25, 0.3) is 5.91 Å². The molecule has 0 spiro atoms. The third kappa shape index (κ3) is 4.24. The smallest absolute Gasteiger partial charge is 0.253 e. The number of rotatable bonds is 6. The largest absolute Gasteiger partial charge is 0.489 e. The van der Waals surface area contributed by atoms with Crippen LogP contribution in [0.5, 0.6) is 5.75 Å². The number of nitrogens with zero attached hydrogens (tertiary/aromatic N) is 2. The molecule has 2 N–H and O–H groups in total. The van der Waals surface area contributed by atoms with Crippen molar-refractivity contribution in [2.24, 2.45) is 5.41 Å². The molecule has 1 saturated carbocycles. The van der Waals surface area contributed by atoms with Crippen LogP contribution in [0.3, 0.4) is 0 Å². The second-order valence-electron chi connectivity index (χ2n) is 8.30. The Hall–Kier alpha value is -2.28. The average molecular weight is 389 g/mol. The normalized spacial score (nSPS) is 20.3. The molecule has 1 aliphatic carbocycles. The molecule has 1 heterocycles. The zero-order valence-corrected chi connectivity index (χ0v) is 17.0. The molecule has 0 unspecified atom stereocenters. The Kier molecular flexibility index (Phi) is 6.13. The third-order valence-electron chi connectivity index (χ3n) is 6.05. The lowest BCUT2D eigenvalue weighted by Crippen LogP contribution is -2.45. The number of carbonyl (C=O) groups is 2. The summed E-state index contributed by atoms with van der Waals surface area (Å²) in [5.74, 6) is 0.616. The maximum Gasteiger partial charge on any atom is 0.253 e. The highest BCUT2D eigenvalue weighted by Gasteiger charge is 2.34. The van der Waals surface area contributed by atoms with Gasteiger partial charge >= 0.3 is 0 Å². The molecule has 7 nitrogen and oxygen atoms in total. The fraction of sp³-hybridized carbons (Fsp3) is 0.619. The lowest BCUT2D eigenvalue weighted by Gasteiger charge is -2.36. The lowest BCUT2D eigenvalue weighted by molar-refractivity contribution is -0.122. The van der Waals surface area contributed by atoms with Gasteiger partial charge in [-0.25, -0.2) is 0 Å². The first-order chi connectivity index (χ1) is 13.3. The lowest BCUT2D eigenvalue weighted by atomic mass is 9.87. The van der Waals surface area contributed by atoms with Crippen molar-refractivity contribution >= 4 is 17.5 Å². The van der Waals surface area contributed by atoms with Gasteiger partial charge in [0, 0.05) is 38.7 Å². The van der Waals surface area contributed by atoms with Crippen LogP contribution in [0.4, 0.5) is 5.69 Å². The van der Waals surface area contributed by atoms with E-state index in [1.165, 1.54) is 4.90 Å². The van der Waals surface area contributed by atoms with Crippen LogP contribution in [0.1, 0.15) is 42.5 Å². The average Bonchev–Trinajstić information content (AvgIpc) is 3.17. The molecular weight excluding hydrogens is 358 g/mol. The van der Waals surface area contributed by atoms with E-state index in [4.69, 9.17) is 4.74 Å². The first-order valence-corrected chi connectivity index (χ1v) is 9.94. The maximum absolute atomic E-state index is 12.5. The Morgan fingerprint density at radius 2 is 2.04 bits per heavy atom. The molecule has 2 aliphatic rings. The van der Waals surface area contributed by atoms with Crippen molar-refractivity contribution in [1.29, 1.82) is 0 Å². The standard InChI is InChI=1S/C21H31N3O4/c1-23(2)20(27)15-6-7-18-17(10-15)24(3)16(12-28-18)11-19(26)22-13-21(14-25)8-4-5-9-21/h6-7,10,16,25H,4-5,8-9,11-14H2,1-3H3,(H,22,26)/t16-/m0/s1. The number of anilines is 1. The predicted octanol–water partition coefficient (Wildman–Crippen LogP) is 1.64. The van der Waals surface area contributed by atoms with Crippen LogP contribution in [0.25, 0.3) is 0 Å². The highest BCUT2D eigenvalue weighted by molar-refractivity contribution is 5.95. The summed E-state index contributed by atoms with van der Waals surface area (Å²) in [7, 11) is 5.37. The van der Waals surface area contributed by atoms with Crippen molar-refractivity contribution in [3.8, 4) is 5.75 Å². The van der Waals surface area contributed by atoms with E-state index in [0.29, 0.717) is 25.1 Å². The Morgan fingerprint density at radius 3 is 2.68 bits per heavy atom. The quantitative estimate of drug-likeness (QED) is 0.773. The van der Waals surface area contributed by atoms with E-state index in [0.717, 1.165) is 37.1 Å². The van der Waals surface area contributed by atoms with Crippen molar-refractivity contribution in [3.05, 3.63) is 23.8 Å². The number of carbonyl (C=O) groups excluding carboxylic acids is 2. The number of nitrogens with one attached hydrogen (secondary N) is 1. The van der Waals surface area contributed by atoms with Gasteiger partial charge in [-0.15, -0.1) is 0 Å². The summed E-state index contributed by atoms with van der Waals surface area (Å²) in [6.45, 7) is 1.07. The summed E-state index contributed by atoms with van der Waals surface area (Å²) in [5, 5.41) is 12.7. The molecule has 1 aromatic carbocycles. The van der Waals surface area contributed by atoms with Crippen LogP contribution in [0.2, 0.25) is 0 Å². The van der Waals surface area contributed by atoms with E-state index < -0.39 is 0 Å². The molecular formula is C21H31N3O4. The minimum atomic E-state index is -0.154. The molecule has 0 saturated heterocycles. The van der Waals surface area contributed by atoms with Gasteiger partial charge in [0.15, 0.2) is 0 Å². The molecule has 0 bridgehead atoms. The summed E-state index contributed by atoms with van der Waals surface area (Å²) in [4.78, 5) is 28.3. The van der Waals surface area contributed by atoms with E-state index in [-0.39, 0.29) is 29.9 Å². The zero-order chi connectivity index (χ0) is 20.3. The van der Waals surface area contributed by atoms with E-state index in [1.807, 2.05) is 24.1 Å². The second-order valence-corrected chi connectivity index (χ2v) is 8.30. The van der Waals surface area contributed by atoms with Crippen molar-refractivity contribution in [1.82, 2.24) is 10.2 Å². The monoisotopic (exact) mass is 389 g/mol. The van der Waals surface area contributed by atoms with Gasteiger partial charge in [0.1, 0.15) is 12.4 Å². The van der Waals surface area contributed by atoms with Crippen LogP contribution in [0, 0.1) is 5.41 Å². The van der Waals surface area contributed by atoms with Gasteiger partial charge in [0.05, 0.1) is 24.8 Å². The van der Waals surface area contributed by atoms with Gasteiger partial charge in [-0.05, 0) is 31.0 Å². The number of amides is 2. The summed E-state index contributed by atoms with van der Waals surface area (Å²) < 4.78 is 5.83. The molecule has 1 aromatic rings. The molecule has 2 amide bonds. The third-order valence-corrected chi connectivity index (χ3v) is 6.05. The number of aliphatic hydroxyl groups excluding tert-OH is 1. The number of fused-ring (bicyclic) bond motifs is 1. The van der Waals surface area contributed by atoms with Gasteiger partial charge in [-0.1, -0.05) is 12.8 Å². The molecule has 1 fully saturated rings. The molecule has 0 radical (unpaired) electrons. The van der Waals surface area contributed by atoms with Gasteiger partial charge in [-0.3, -0.25) is 9.59 Å². The molecule has 154 valence electrons. The SMILES string of the molecule is CN(C)C(=O)c1ccc2c(c1)N(C)[C@@H](CC(=O)NCC1(CO)CCCC1)CO2. The first kappa shape index (κ1) is 20.5. The van der Waals surface area contributed by atoms with Crippen LogP contribution in [-0.2, 0) is 4.79 Å². The Bertz CT molecular complexity index is 728. The highest BCUT2D eigenvalue weighted by Crippen LogP contribution is 2.37. The van der Waals surface area contributed by atoms with Crippen LogP contribution >= 0.6 is 0 Å². The molecule has 7 heteroatoms. The molecule has 1 atom stereocenters. The Balaban J connectivity index is 1.63. The highest BCUT2D eigenvalue weighted by atomic mass is 16.5. The number of ether oxygens (including phenoxy) is 1. The van der Waals surface area contributed by atoms with Crippen LogP contribution in [-0.4, -0.2) is 68.8 Å². The van der Waals surface area contributed by atoms with Crippen LogP contribution < -0.4 is 15.0 Å². The Labute approximate surface area is 166 Å². The Morgan fingerprint density at radius 1 is 1.32 bits per heavy atom. The fourth-order valence-electron chi connectivity index (χ4n) is 4.08. The summed E-state index contributed by atoms with van der Waals surface area (Å²) in [6.07, 6.45) is 4.46. The molecule has 3 rings (SSSR count). The zero-order valence-electron chi connectivity index (χ0n) is 17.0. The second kappa shape index (κ2) is 8.39. The molecule has 1 aliphatic heterocycles. The first-order valence-electron chi connectivity index (χ1n) is 9.94. The number of hydrogen-bond donors (Lipinski definition) is 2. The number of aliphatic hydroxyl groups is 1. The van der Waals surface area contributed by atoms with E-state index in [9.17, 15) is 14.7 Å². The number of likely N-dealkylation sites (N-methyl/N-ethyl adjacent to an activating group) is 1. The minimum Gasteiger partial charge on any atom is -0.489 e. The minimum absolute atomic E-state index is 0.0378. The predicted molar refractivity (Wildman–Crippen MR) is 108 cm³/mol. The van der Waals surface area contributed by atoms with E-state index in [1.54, 1.807) is 20.2 Å². The van der Waals surface area contributed by atoms with E-state index in [2.05, 4.69) is 5.32 Å². The van der Waals surface area contributed by atoms with Crippen molar-refractivity contribution in [2.75, 3.05) is 45.8 Å². The van der Waals surface area contributed by atoms with Crippen molar-refractivity contribution in [2.45, 2.75) is 38.1 Å². The van der Waals surface area contributed by atoms with Crippen molar-refractivity contribution < 1.29 is 19.4 Å². The summed E-state index contributed by atoms with van der Waals surface area (Å²) in [5.41, 5.74) is 1.26. The maximum atomic E-state index is 12.5. The van der Waals surface area contributed by atoms with E-state index >= 15 is 0 Å². The molecule has 28 heavy (non-hydrogen) atoms.